The van der Waals surface area contributed by atoms with E-state index in [0.29, 0.717) is 17.7 Å². The van der Waals surface area contributed by atoms with E-state index in [1.54, 1.807) is 19.4 Å². The second kappa shape index (κ2) is 6.01. The van der Waals surface area contributed by atoms with Crippen LogP contribution >= 0.6 is 0 Å². The molecular formula is C19H16F2N2O3. The van der Waals surface area contributed by atoms with E-state index in [4.69, 9.17) is 4.74 Å². The van der Waals surface area contributed by atoms with Crippen LogP contribution in [0.4, 0.5) is 8.78 Å². The molecule has 26 heavy (non-hydrogen) atoms. The molecule has 5 nitrogen and oxygen atoms in total. The highest BCUT2D eigenvalue weighted by Crippen LogP contribution is 2.44. The van der Waals surface area contributed by atoms with Crippen LogP contribution in [0.1, 0.15) is 11.3 Å². The van der Waals surface area contributed by atoms with Crippen LogP contribution in [-0.4, -0.2) is 23.2 Å². The minimum absolute atomic E-state index is 0.00610. The van der Waals surface area contributed by atoms with Crippen LogP contribution < -0.4 is 14.2 Å². The summed E-state index contributed by atoms with van der Waals surface area (Å²) in [6, 6.07) is 12.5. The lowest BCUT2D eigenvalue weighted by Crippen LogP contribution is -2.25. The summed E-state index contributed by atoms with van der Waals surface area (Å²) in [6.45, 7) is 0. The highest BCUT2D eigenvalue weighted by molar-refractivity contribution is 5.74. The molecule has 1 aliphatic rings. The van der Waals surface area contributed by atoms with Gasteiger partial charge in [-0.25, -0.2) is 0 Å². The average molecular weight is 358 g/mol. The summed E-state index contributed by atoms with van der Waals surface area (Å²) in [5, 5.41) is 4.17. The first-order valence-corrected chi connectivity index (χ1v) is 7.99. The molecule has 4 rings (SSSR count). The van der Waals surface area contributed by atoms with Crippen LogP contribution in [0.15, 0.2) is 48.7 Å². The number of fused-ring (bicyclic) bond motifs is 1. The zero-order chi connectivity index (χ0) is 18.3. The van der Waals surface area contributed by atoms with E-state index in [1.807, 2.05) is 36.0 Å². The molecule has 0 saturated carbocycles. The third-order valence-corrected chi connectivity index (χ3v) is 4.28. The summed E-state index contributed by atoms with van der Waals surface area (Å²) in [5.74, 6) is 0.666. The van der Waals surface area contributed by atoms with E-state index >= 15 is 0 Å². The number of hydrogen-bond donors (Lipinski definition) is 0. The fourth-order valence-corrected chi connectivity index (χ4v) is 2.99. The van der Waals surface area contributed by atoms with Gasteiger partial charge in [0.1, 0.15) is 5.75 Å². The van der Waals surface area contributed by atoms with Crippen LogP contribution in [0.2, 0.25) is 0 Å². The van der Waals surface area contributed by atoms with E-state index in [0.717, 1.165) is 16.8 Å². The SMILES string of the molecule is COc1ccc(Cc2ccnn2C)cc1-c1ccc2c(c1)OC(F)(F)O2. The molecule has 0 aliphatic carbocycles. The topological polar surface area (TPSA) is 45.5 Å². The molecule has 0 atom stereocenters. The van der Waals surface area contributed by atoms with E-state index in [-0.39, 0.29) is 11.5 Å². The Balaban J connectivity index is 1.72. The molecule has 2 aromatic carbocycles. The van der Waals surface area contributed by atoms with Crippen molar-refractivity contribution in [2.75, 3.05) is 7.11 Å². The largest absolute Gasteiger partial charge is 0.586 e. The van der Waals surface area contributed by atoms with Crippen LogP contribution in [0, 0.1) is 0 Å². The molecule has 1 aromatic heterocycles. The van der Waals surface area contributed by atoms with Crippen molar-refractivity contribution in [1.82, 2.24) is 9.78 Å². The van der Waals surface area contributed by atoms with Crippen LogP contribution in [0.3, 0.4) is 0 Å². The molecular weight excluding hydrogens is 342 g/mol. The maximum absolute atomic E-state index is 13.3. The standard InChI is InChI=1S/C19H16F2N2O3/c1-23-14(7-8-22-23)9-12-3-5-16(24-2)15(10-12)13-4-6-17-18(11-13)26-19(20,21)25-17/h3-8,10-11H,9H2,1-2H3. The van der Waals surface area contributed by atoms with Crippen molar-refractivity contribution in [3.8, 4) is 28.4 Å². The van der Waals surface area contributed by atoms with Gasteiger partial charge in [0.2, 0.25) is 0 Å². The number of benzene rings is 2. The number of nitrogens with zero attached hydrogens (tertiary/aromatic N) is 2. The lowest BCUT2D eigenvalue weighted by Gasteiger charge is -2.12. The number of ether oxygens (including phenoxy) is 3. The van der Waals surface area contributed by atoms with E-state index < -0.39 is 6.29 Å². The quantitative estimate of drug-likeness (QED) is 0.707. The summed E-state index contributed by atoms with van der Waals surface area (Å²) in [6.07, 6.45) is -1.19. The number of hydrogen-bond acceptors (Lipinski definition) is 4. The number of halogens is 2. The van der Waals surface area contributed by atoms with Gasteiger partial charge in [-0.05, 0) is 41.5 Å². The first-order chi connectivity index (χ1) is 12.4. The Labute approximate surface area is 148 Å². The molecule has 0 radical (unpaired) electrons. The second-order valence-corrected chi connectivity index (χ2v) is 5.99. The number of methoxy groups -OCH3 is 1. The van der Waals surface area contributed by atoms with E-state index in [1.165, 1.54) is 12.1 Å². The fraction of sp³-hybridized carbons (Fsp3) is 0.211. The maximum Gasteiger partial charge on any atom is 0.586 e. The summed E-state index contributed by atoms with van der Waals surface area (Å²) in [7, 11) is 3.46. The molecule has 3 aromatic rings. The van der Waals surface area contributed by atoms with Crippen molar-refractivity contribution in [3.05, 3.63) is 59.9 Å². The minimum atomic E-state index is -3.63. The first-order valence-electron chi connectivity index (χ1n) is 7.99. The van der Waals surface area contributed by atoms with Crippen molar-refractivity contribution in [2.45, 2.75) is 12.7 Å². The summed E-state index contributed by atoms with van der Waals surface area (Å²) < 4.78 is 42.8. The normalized spacial score (nSPS) is 14.5. The van der Waals surface area contributed by atoms with Crippen LogP contribution in [-0.2, 0) is 13.5 Å². The highest BCUT2D eigenvalue weighted by atomic mass is 19.3. The Morgan fingerprint density at radius 2 is 1.88 bits per heavy atom. The fourth-order valence-electron chi connectivity index (χ4n) is 2.99. The predicted octanol–water partition coefficient (Wildman–Crippen LogP) is 4.01. The number of aryl methyl sites for hydroxylation is 1. The lowest BCUT2D eigenvalue weighted by atomic mass is 9.99. The van der Waals surface area contributed by atoms with Gasteiger partial charge in [0.05, 0.1) is 7.11 Å². The van der Waals surface area contributed by atoms with Gasteiger partial charge in [0.25, 0.3) is 0 Å². The van der Waals surface area contributed by atoms with Crippen molar-refractivity contribution in [2.24, 2.45) is 7.05 Å². The Kier molecular flexibility index (Phi) is 3.79. The van der Waals surface area contributed by atoms with Gasteiger partial charge >= 0.3 is 6.29 Å². The van der Waals surface area contributed by atoms with Gasteiger partial charge in [0.15, 0.2) is 11.5 Å². The van der Waals surface area contributed by atoms with Gasteiger partial charge in [-0.3, -0.25) is 4.68 Å². The van der Waals surface area contributed by atoms with Crippen molar-refractivity contribution in [1.29, 1.82) is 0 Å². The molecule has 0 spiro atoms. The number of alkyl halides is 2. The molecule has 134 valence electrons. The summed E-state index contributed by atoms with van der Waals surface area (Å²) in [4.78, 5) is 0. The van der Waals surface area contributed by atoms with Crippen molar-refractivity contribution < 1.29 is 23.0 Å². The first kappa shape index (κ1) is 16.4. The highest BCUT2D eigenvalue weighted by Gasteiger charge is 2.43. The maximum atomic E-state index is 13.3. The Hall–Kier alpha value is -3.09. The Bertz CT molecular complexity index is 969. The molecule has 7 heteroatoms. The number of aromatic nitrogens is 2. The van der Waals surface area contributed by atoms with Gasteiger partial charge in [-0.2, -0.15) is 5.10 Å². The predicted molar refractivity (Wildman–Crippen MR) is 90.6 cm³/mol. The van der Waals surface area contributed by atoms with E-state index in [9.17, 15) is 8.78 Å². The molecule has 0 N–H and O–H groups in total. The second-order valence-electron chi connectivity index (χ2n) is 5.99. The minimum Gasteiger partial charge on any atom is -0.496 e. The summed E-state index contributed by atoms with van der Waals surface area (Å²) >= 11 is 0. The monoisotopic (exact) mass is 358 g/mol. The third kappa shape index (κ3) is 2.96. The molecule has 2 heterocycles. The molecule has 0 fully saturated rings. The van der Waals surface area contributed by atoms with Gasteiger partial charge < -0.3 is 14.2 Å². The van der Waals surface area contributed by atoms with Gasteiger partial charge in [-0.1, -0.05) is 12.1 Å². The zero-order valence-electron chi connectivity index (χ0n) is 14.2. The van der Waals surface area contributed by atoms with Crippen LogP contribution in [0.25, 0.3) is 11.1 Å². The lowest BCUT2D eigenvalue weighted by molar-refractivity contribution is -0.286. The molecule has 1 aliphatic heterocycles. The Morgan fingerprint density at radius 1 is 1.08 bits per heavy atom. The average Bonchev–Trinajstić information content (AvgIpc) is 3.15. The van der Waals surface area contributed by atoms with Crippen molar-refractivity contribution >= 4 is 0 Å². The third-order valence-electron chi connectivity index (χ3n) is 4.28. The zero-order valence-corrected chi connectivity index (χ0v) is 14.2. The molecule has 0 bridgehead atoms. The molecule has 0 saturated heterocycles. The van der Waals surface area contributed by atoms with Gasteiger partial charge in [-0.15, -0.1) is 8.78 Å². The Morgan fingerprint density at radius 3 is 2.62 bits per heavy atom. The number of rotatable bonds is 4. The van der Waals surface area contributed by atoms with E-state index in [2.05, 4.69) is 14.6 Å². The van der Waals surface area contributed by atoms with Crippen LogP contribution in [0.5, 0.6) is 17.2 Å². The van der Waals surface area contributed by atoms with Crippen molar-refractivity contribution in [3.63, 3.8) is 0 Å². The van der Waals surface area contributed by atoms with Gasteiger partial charge in [0, 0.05) is 30.9 Å². The smallest absolute Gasteiger partial charge is 0.496 e. The molecule has 0 amide bonds. The molecule has 0 unspecified atom stereocenters. The summed E-state index contributed by atoms with van der Waals surface area (Å²) in [5.41, 5.74) is 3.60.